The summed E-state index contributed by atoms with van der Waals surface area (Å²) < 4.78 is 6.09. The highest BCUT2D eigenvalue weighted by molar-refractivity contribution is 9.10. The van der Waals surface area contributed by atoms with Crippen molar-refractivity contribution >= 4 is 15.9 Å². The molecule has 0 saturated heterocycles. The maximum absolute atomic E-state index is 5.15. The Morgan fingerprint density at radius 1 is 1.36 bits per heavy atom. The van der Waals surface area contributed by atoms with Gasteiger partial charge in [-0.15, -0.1) is 0 Å². The molecule has 0 spiro atoms. The summed E-state index contributed by atoms with van der Waals surface area (Å²) in [6.07, 6.45) is 3.64. The predicted octanol–water partition coefficient (Wildman–Crippen LogP) is 2.85. The first-order valence-corrected chi connectivity index (χ1v) is 4.93. The molecule has 0 radical (unpaired) electrons. The van der Waals surface area contributed by atoms with Crippen LogP contribution in [0.25, 0.3) is 11.1 Å². The van der Waals surface area contributed by atoms with Crippen LogP contribution < -0.4 is 4.74 Å². The van der Waals surface area contributed by atoms with Crippen LogP contribution in [-0.2, 0) is 0 Å². The fourth-order valence-electron chi connectivity index (χ4n) is 1.25. The Labute approximate surface area is 90.2 Å². The number of aromatic amines is 1. The molecule has 14 heavy (non-hydrogen) atoms. The molecular weight excluding hydrogens is 244 g/mol. The van der Waals surface area contributed by atoms with Crippen molar-refractivity contribution in [2.24, 2.45) is 0 Å². The zero-order valence-electron chi connectivity index (χ0n) is 7.62. The first kappa shape index (κ1) is 9.27. The summed E-state index contributed by atoms with van der Waals surface area (Å²) in [5.74, 6) is 0.831. The van der Waals surface area contributed by atoms with E-state index >= 15 is 0 Å². The van der Waals surface area contributed by atoms with Crippen molar-refractivity contribution in [3.8, 4) is 16.9 Å². The molecule has 0 atom stereocenters. The molecule has 0 aliphatic heterocycles. The Hall–Kier alpha value is -1.29. The second kappa shape index (κ2) is 3.84. The van der Waals surface area contributed by atoms with Crippen LogP contribution in [0.5, 0.6) is 5.75 Å². The number of rotatable bonds is 2. The molecule has 2 rings (SSSR count). The smallest absolute Gasteiger partial charge is 0.133 e. The van der Waals surface area contributed by atoms with Crippen molar-refractivity contribution in [2.45, 2.75) is 0 Å². The fourth-order valence-corrected chi connectivity index (χ4v) is 1.80. The molecule has 4 heteroatoms. The van der Waals surface area contributed by atoms with Crippen LogP contribution in [0, 0.1) is 0 Å². The third-order valence-electron chi connectivity index (χ3n) is 1.98. The molecule has 1 heterocycles. The van der Waals surface area contributed by atoms with Gasteiger partial charge in [0.15, 0.2) is 0 Å². The number of halogens is 1. The van der Waals surface area contributed by atoms with E-state index in [2.05, 4.69) is 26.1 Å². The van der Waals surface area contributed by atoms with E-state index in [4.69, 9.17) is 4.74 Å². The molecule has 0 fully saturated rings. The highest BCUT2D eigenvalue weighted by Crippen LogP contribution is 2.29. The van der Waals surface area contributed by atoms with Crippen molar-refractivity contribution in [3.05, 3.63) is 35.1 Å². The molecule has 0 unspecified atom stereocenters. The molecule has 0 amide bonds. The van der Waals surface area contributed by atoms with Crippen LogP contribution >= 0.6 is 15.9 Å². The monoisotopic (exact) mass is 252 g/mol. The fraction of sp³-hybridized carbons (Fsp3) is 0.100. The predicted molar refractivity (Wildman–Crippen MR) is 58.3 cm³/mol. The molecule has 0 bridgehead atoms. The van der Waals surface area contributed by atoms with Crippen molar-refractivity contribution in [1.29, 1.82) is 0 Å². The van der Waals surface area contributed by atoms with Crippen LogP contribution in [0.2, 0.25) is 0 Å². The summed E-state index contributed by atoms with van der Waals surface area (Å²) >= 11 is 3.44. The number of ether oxygens (including phenoxy) is 1. The summed E-state index contributed by atoms with van der Waals surface area (Å²) in [6.45, 7) is 0. The van der Waals surface area contributed by atoms with Crippen LogP contribution in [0.15, 0.2) is 35.1 Å². The average Bonchev–Trinajstić information content (AvgIpc) is 2.70. The largest absolute Gasteiger partial charge is 0.496 e. The number of aromatic nitrogens is 2. The molecule has 2 aromatic rings. The number of benzene rings is 1. The van der Waals surface area contributed by atoms with E-state index in [1.165, 1.54) is 0 Å². The molecule has 0 aliphatic carbocycles. The summed E-state index contributed by atoms with van der Waals surface area (Å²) in [7, 11) is 1.65. The number of H-pyrrole nitrogens is 1. The standard InChI is InChI=1S/C10H9BrN2O/c1-14-10-3-2-7(4-9(10)11)8-5-12-13-6-8/h2-6H,1H3,(H,12,13). The number of nitrogens with one attached hydrogen (secondary N) is 1. The number of hydrogen-bond acceptors (Lipinski definition) is 2. The molecule has 3 nitrogen and oxygen atoms in total. The normalized spacial score (nSPS) is 10.1. The van der Waals surface area contributed by atoms with Gasteiger partial charge in [-0.25, -0.2) is 0 Å². The third kappa shape index (κ3) is 1.65. The Morgan fingerprint density at radius 2 is 2.21 bits per heavy atom. The summed E-state index contributed by atoms with van der Waals surface area (Å²) in [5, 5.41) is 6.68. The van der Waals surface area contributed by atoms with Crippen LogP contribution in [0.4, 0.5) is 0 Å². The van der Waals surface area contributed by atoms with Gasteiger partial charge < -0.3 is 4.74 Å². The van der Waals surface area contributed by atoms with Gasteiger partial charge in [-0.05, 0) is 33.6 Å². The highest BCUT2D eigenvalue weighted by atomic mass is 79.9. The van der Waals surface area contributed by atoms with Gasteiger partial charge in [0.25, 0.3) is 0 Å². The average molecular weight is 253 g/mol. The Bertz CT molecular complexity index is 426. The van der Waals surface area contributed by atoms with Gasteiger partial charge in [0.05, 0.1) is 17.8 Å². The van der Waals surface area contributed by atoms with Crippen LogP contribution in [0.3, 0.4) is 0 Å². The topological polar surface area (TPSA) is 37.9 Å². The minimum absolute atomic E-state index is 0.831. The van der Waals surface area contributed by atoms with Gasteiger partial charge in [-0.2, -0.15) is 5.10 Å². The summed E-state index contributed by atoms with van der Waals surface area (Å²) in [5.41, 5.74) is 2.17. The second-order valence-corrected chi connectivity index (χ2v) is 3.69. The van der Waals surface area contributed by atoms with Gasteiger partial charge in [0.2, 0.25) is 0 Å². The lowest BCUT2D eigenvalue weighted by atomic mass is 10.1. The van der Waals surface area contributed by atoms with Crippen molar-refractivity contribution in [2.75, 3.05) is 7.11 Å². The third-order valence-corrected chi connectivity index (χ3v) is 2.60. The van der Waals surface area contributed by atoms with E-state index in [0.717, 1.165) is 21.3 Å². The molecule has 0 saturated carbocycles. The maximum atomic E-state index is 5.15. The number of hydrogen-bond donors (Lipinski definition) is 1. The molecular formula is C10H9BrN2O. The number of methoxy groups -OCH3 is 1. The van der Waals surface area contributed by atoms with E-state index in [0.29, 0.717) is 0 Å². The molecule has 1 aromatic heterocycles. The van der Waals surface area contributed by atoms with Crippen molar-refractivity contribution in [3.63, 3.8) is 0 Å². The Kier molecular flexibility index (Phi) is 2.54. The number of nitrogens with zero attached hydrogens (tertiary/aromatic N) is 1. The van der Waals surface area contributed by atoms with E-state index in [1.807, 2.05) is 24.4 Å². The lowest BCUT2D eigenvalue weighted by Gasteiger charge is -2.04. The van der Waals surface area contributed by atoms with Gasteiger partial charge in [-0.3, -0.25) is 5.10 Å². The Balaban J connectivity index is 2.43. The molecule has 72 valence electrons. The zero-order chi connectivity index (χ0) is 9.97. The van der Waals surface area contributed by atoms with Gasteiger partial charge in [-0.1, -0.05) is 6.07 Å². The van der Waals surface area contributed by atoms with Gasteiger partial charge in [0.1, 0.15) is 5.75 Å². The summed E-state index contributed by atoms with van der Waals surface area (Å²) in [4.78, 5) is 0. The Morgan fingerprint density at radius 3 is 2.79 bits per heavy atom. The molecule has 1 aromatic carbocycles. The van der Waals surface area contributed by atoms with Crippen LogP contribution in [-0.4, -0.2) is 17.3 Å². The first-order valence-electron chi connectivity index (χ1n) is 4.14. The second-order valence-electron chi connectivity index (χ2n) is 2.84. The minimum Gasteiger partial charge on any atom is -0.496 e. The maximum Gasteiger partial charge on any atom is 0.133 e. The zero-order valence-corrected chi connectivity index (χ0v) is 9.21. The van der Waals surface area contributed by atoms with Crippen LogP contribution in [0.1, 0.15) is 0 Å². The quantitative estimate of drug-likeness (QED) is 0.893. The first-order chi connectivity index (χ1) is 6.81. The van der Waals surface area contributed by atoms with E-state index in [9.17, 15) is 0 Å². The van der Waals surface area contributed by atoms with E-state index < -0.39 is 0 Å². The highest BCUT2D eigenvalue weighted by Gasteiger charge is 2.03. The van der Waals surface area contributed by atoms with Gasteiger partial charge >= 0.3 is 0 Å². The molecule has 1 N–H and O–H groups in total. The summed E-state index contributed by atoms with van der Waals surface area (Å²) in [6, 6.07) is 5.92. The van der Waals surface area contributed by atoms with Crippen molar-refractivity contribution in [1.82, 2.24) is 10.2 Å². The van der Waals surface area contributed by atoms with Crippen molar-refractivity contribution < 1.29 is 4.74 Å². The van der Waals surface area contributed by atoms with E-state index in [-0.39, 0.29) is 0 Å². The molecule has 0 aliphatic rings. The minimum atomic E-state index is 0.831. The lowest BCUT2D eigenvalue weighted by molar-refractivity contribution is 0.412. The van der Waals surface area contributed by atoms with Gasteiger partial charge in [0, 0.05) is 11.8 Å². The SMILES string of the molecule is COc1ccc(-c2cn[nH]c2)cc1Br. The lowest BCUT2D eigenvalue weighted by Crippen LogP contribution is -1.84. The van der Waals surface area contributed by atoms with E-state index in [1.54, 1.807) is 13.3 Å².